The number of nitrogen functional groups attached to an aromatic ring is 2. The Morgan fingerprint density at radius 3 is 2.29 bits per heavy atom. The lowest BCUT2D eigenvalue weighted by Gasteiger charge is -2.26. The molecule has 3 saturated heterocycles. The highest BCUT2D eigenvalue weighted by molar-refractivity contribution is 7.47. The number of hydrogen-bond donors (Lipinski definition) is 10. The number of anilines is 4. The van der Waals surface area contributed by atoms with E-state index in [1.807, 2.05) is 30.3 Å². The van der Waals surface area contributed by atoms with Crippen molar-refractivity contribution in [2.24, 2.45) is 0 Å². The third kappa shape index (κ3) is 9.99. The number of hydrogen-bond acceptors (Lipinski definition) is 24. The van der Waals surface area contributed by atoms with Crippen LogP contribution in [0.25, 0.3) is 33.5 Å². The number of ether oxygens (including phenoxy) is 3. The highest BCUT2D eigenvalue weighted by atomic mass is 31.2. The number of carbonyl (C=O) groups excluding carboxylic acids is 1. The van der Waals surface area contributed by atoms with E-state index in [1.54, 1.807) is 12.1 Å². The third-order valence-electron chi connectivity index (χ3n) is 13.8. The summed E-state index contributed by atoms with van der Waals surface area (Å²) in [5.41, 5.74) is 13.2. The molecule has 2 aromatic carbocycles. The molecular weight excluding hydrogens is 1090 g/mol. The molecule has 34 heteroatoms. The largest absolute Gasteiger partial charge is 0.472 e. The highest BCUT2D eigenvalue weighted by Gasteiger charge is 2.51. The number of phosphoric acid groups is 2. The van der Waals surface area contributed by atoms with Gasteiger partial charge in [0.15, 0.2) is 35.1 Å². The summed E-state index contributed by atoms with van der Waals surface area (Å²) < 4.78 is 70.0. The molecule has 0 bridgehead atoms. The second-order valence-electron chi connectivity index (χ2n) is 18.9. The van der Waals surface area contributed by atoms with Crippen LogP contribution in [0.15, 0.2) is 75.7 Å². The molecular formula is C45H49N13O19P2. The number of rotatable bonds is 16. The fourth-order valence-corrected chi connectivity index (χ4v) is 12.0. The highest BCUT2D eigenvalue weighted by Crippen LogP contribution is 2.52. The van der Waals surface area contributed by atoms with Crippen molar-refractivity contribution < 1.29 is 76.4 Å². The molecule has 7 aromatic rings. The van der Waals surface area contributed by atoms with Gasteiger partial charge >= 0.3 is 21.3 Å². The average molecular weight is 1140 g/mol. The molecule has 12 N–H and O–H groups in total. The molecule has 0 radical (unpaired) electrons. The summed E-state index contributed by atoms with van der Waals surface area (Å²) >= 11 is 0. The van der Waals surface area contributed by atoms with Gasteiger partial charge in [-0.3, -0.25) is 61.0 Å². The van der Waals surface area contributed by atoms with E-state index in [0.29, 0.717) is 12.1 Å². The van der Waals surface area contributed by atoms with Gasteiger partial charge in [0.05, 0.1) is 31.8 Å². The van der Waals surface area contributed by atoms with E-state index in [-0.39, 0.29) is 45.6 Å². The second-order valence-corrected chi connectivity index (χ2v) is 21.7. The minimum atomic E-state index is -5.39. The summed E-state index contributed by atoms with van der Waals surface area (Å²) in [7, 11) is -10.7. The molecule has 3 fully saturated rings. The number of benzene rings is 2. The van der Waals surface area contributed by atoms with E-state index < -0.39 is 132 Å². The Bertz CT molecular complexity index is 3830. The summed E-state index contributed by atoms with van der Waals surface area (Å²) in [5, 5.41) is 44.5. The number of aliphatic hydroxyl groups is 4. The summed E-state index contributed by atoms with van der Waals surface area (Å²) in [6.07, 6.45) is -14.7. The number of nitrogens with zero attached hydrogens (tertiary/aromatic N) is 9. The Labute approximate surface area is 441 Å². The molecule has 4 aliphatic rings. The number of aliphatic hydroxyl groups excluding tert-OH is 4. The topological polar surface area (TPSA) is 455 Å². The monoisotopic (exact) mass is 1140 g/mol. The van der Waals surface area contributed by atoms with Crippen LogP contribution in [0.3, 0.4) is 0 Å². The zero-order valence-corrected chi connectivity index (χ0v) is 43.0. The number of aryl methyl sites for hydroxylation is 1. The molecule has 11 rings (SSSR count). The van der Waals surface area contributed by atoms with Crippen LogP contribution in [0.2, 0.25) is 0 Å². The fraction of sp³-hybridized carbons (Fsp3) is 0.400. The van der Waals surface area contributed by atoms with Gasteiger partial charge in [-0.25, -0.2) is 33.9 Å². The Morgan fingerprint density at radius 2 is 1.53 bits per heavy atom. The predicted octanol–water partition coefficient (Wildman–Crippen LogP) is -0.600. The van der Waals surface area contributed by atoms with Crippen LogP contribution >= 0.6 is 15.6 Å². The number of nitrogens with two attached hydrogens (primary N) is 2. The SMILES string of the molecule is CC(=O)N(c1ccc2c(c1)Cc1ccccc1-2)c1nc2c(=O)[nH]c(N)nc2n1[C@@H]1O[C@H](COP(=O)(O)O[C@H]2C[C@H](n3cc(C)c(=O)[nH]c3=O)O[C@@H]2COP(=O)(O)O[C@H]2[C@@H](O)[C@H](n3cnc4c(N)ncnc43)O[C@@H]2CO)[C@@H](O)[C@H]1O. The predicted molar refractivity (Wildman–Crippen MR) is 269 cm³/mol. The molecule has 1 aliphatic carbocycles. The van der Waals surface area contributed by atoms with E-state index in [2.05, 4.69) is 34.9 Å². The first-order chi connectivity index (χ1) is 37.6. The molecule has 8 heterocycles. The molecule has 1 amide bonds. The minimum absolute atomic E-state index is 0.00624. The van der Waals surface area contributed by atoms with E-state index in [4.69, 9.17) is 43.8 Å². The maximum Gasteiger partial charge on any atom is 0.472 e. The van der Waals surface area contributed by atoms with Crippen molar-refractivity contribution in [2.75, 3.05) is 36.2 Å². The van der Waals surface area contributed by atoms with E-state index in [9.17, 15) is 58.5 Å². The van der Waals surface area contributed by atoms with Gasteiger partial charge in [0.25, 0.3) is 11.1 Å². The first-order valence-corrected chi connectivity index (χ1v) is 27.1. The van der Waals surface area contributed by atoms with Gasteiger partial charge in [-0.2, -0.15) is 4.98 Å². The molecule has 13 atom stereocenters. The molecule has 3 aliphatic heterocycles. The van der Waals surface area contributed by atoms with Crippen LogP contribution in [0.1, 0.15) is 48.7 Å². The lowest BCUT2D eigenvalue weighted by molar-refractivity contribution is -0.116. The van der Waals surface area contributed by atoms with Crippen LogP contribution in [0.5, 0.6) is 0 Å². The summed E-state index contributed by atoms with van der Waals surface area (Å²) in [4.78, 5) is 101. The molecule has 0 spiro atoms. The lowest BCUT2D eigenvalue weighted by Crippen LogP contribution is -2.36. The maximum absolute atomic E-state index is 13.9. The van der Waals surface area contributed by atoms with Crippen molar-refractivity contribution in [1.82, 2.24) is 48.6 Å². The van der Waals surface area contributed by atoms with Gasteiger partial charge in [-0.1, -0.05) is 30.3 Å². The molecule has 2 unspecified atom stereocenters. The number of imidazole rings is 2. The first-order valence-electron chi connectivity index (χ1n) is 24.1. The van der Waals surface area contributed by atoms with E-state index in [0.717, 1.165) is 48.8 Å². The van der Waals surface area contributed by atoms with E-state index in [1.165, 1.54) is 24.7 Å². The Hall–Kier alpha value is -6.97. The summed E-state index contributed by atoms with van der Waals surface area (Å²) in [6, 6.07) is 13.0. The molecule has 32 nitrogen and oxygen atoms in total. The molecule has 5 aromatic heterocycles. The smallest absolute Gasteiger partial charge is 0.394 e. The van der Waals surface area contributed by atoms with Crippen molar-refractivity contribution in [1.29, 1.82) is 0 Å². The number of fused-ring (bicyclic) bond motifs is 5. The maximum atomic E-state index is 13.9. The lowest BCUT2D eigenvalue weighted by atomic mass is 10.1. The van der Waals surface area contributed by atoms with Gasteiger partial charge in [0.1, 0.15) is 66.9 Å². The number of aromatic amines is 2. The Kier molecular flexibility index (Phi) is 14.1. The quantitative estimate of drug-likeness (QED) is 0.0540. The zero-order valence-electron chi connectivity index (χ0n) is 41.2. The van der Waals surface area contributed by atoms with Crippen molar-refractivity contribution in [2.45, 2.75) is 94.2 Å². The van der Waals surface area contributed by atoms with Gasteiger partial charge < -0.3 is 55.9 Å². The van der Waals surface area contributed by atoms with Crippen molar-refractivity contribution in [3.63, 3.8) is 0 Å². The molecule has 0 saturated carbocycles. The first kappa shape index (κ1) is 54.0. The minimum Gasteiger partial charge on any atom is -0.394 e. The number of nitrogens with one attached hydrogen (secondary N) is 2. The third-order valence-corrected chi connectivity index (χ3v) is 15.8. The number of amides is 1. The van der Waals surface area contributed by atoms with Gasteiger partial charge in [-0.05, 0) is 47.7 Å². The normalized spacial score (nSPS) is 27.1. The van der Waals surface area contributed by atoms with Crippen LogP contribution in [-0.2, 0) is 52.7 Å². The van der Waals surface area contributed by atoms with Crippen LogP contribution in [-0.4, -0.2) is 153 Å². The van der Waals surface area contributed by atoms with Gasteiger partial charge in [0, 0.05) is 25.1 Å². The summed E-state index contributed by atoms with van der Waals surface area (Å²) in [6.45, 7) is -0.189. The van der Waals surface area contributed by atoms with E-state index >= 15 is 0 Å². The van der Waals surface area contributed by atoms with Crippen molar-refractivity contribution in [3.05, 3.63) is 109 Å². The molecule has 418 valence electrons. The summed E-state index contributed by atoms with van der Waals surface area (Å²) in [5.74, 6) is -1.27. The number of phosphoric ester groups is 2. The average Bonchev–Trinajstić information content (AvgIpc) is 4.40. The van der Waals surface area contributed by atoms with Gasteiger partial charge in [0.2, 0.25) is 17.8 Å². The van der Waals surface area contributed by atoms with Crippen LogP contribution in [0.4, 0.5) is 23.4 Å². The zero-order chi connectivity index (χ0) is 56.0. The second kappa shape index (κ2) is 20.6. The van der Waals surface area contributed by atoms with Crippen molar-refractivity contribution in [3.8, 4) is 11.1 Å². The number of aromatic nitrogens is 10. The standard InChI is InChI=1S/C45H49N13O19P2/c1-18-12-55(45(66)54-39(18)64)29-11-25(27(73-29)14-71-79(69,70)77-35-26(13-59)74-41(34(35)63)56-17-50-30-36(46)48-16-49-37(30)56)76-78(67,68)72-15-28-32(61)33(62)42(75-28)58-38-31(40(65)53-43(47)52-38)51-44(58)57(19(2)60)22-7-8-24-21(10-22)9-20-5-3-4-6-23(20)24/h3-8,10,12,16-17,25-29,32-35,41-42,59,61-63H,9,11,13-15H2,1-2H3,(H,67,68)(H,69,70)(H2,46,48,49)(H,54,64,66)(H3,47,52,53,65)/t25-,26+,27+,28+,29+,32+,33+,34+,35+,41+,42+/m0/s1. The van der Waals surface area contributed by atoms with Gasteiger partial charge in [-0.15, -0.1) is 0 Å². The van der Waals surface area contributed by atoms with Crippen LogP contribution in [0, 0.1) is 6.92 Å². The van der Waals surface area contributed by atoms with Crippen LogP contribution < -0.4 is 33.2 Å². The Balaban J connectivity index is 0.816. The fourth-order valence-electron chi connectivity index (χ4n) is 10.1. The number of H-pyrrole nitrogens is 2. The number of carbonyl (C=O) groups is 1. The van der Waals surface area contributed by atoms with Crippen molar-refractivity contribution >= 4 is 67.3 Å². The Morgan fingerprint density at radius 1 is 0.810 bits per heavy atom. The molecule has 79 heavy (non-hydrogen) atoms.